The highest BCUT2D eigenvalue weighted by atomic mass is 16.6. The molecule has 0 aromatic heterocycles. The van der Waals surface area contributed by atoms with Gasteiger partial charge in [0.15, 0.2) is 0 Å². The van der Waals surface area contributed by atoms with E-state index in [1.165, 1.54) is 6.92 Å². The van der Waals surface area contributed by atoms with Crippen LogP contribution in [0.4, 0.5) is 0 Å². The number of carbonyl (C=O) groups is 3. The molecule has 210 valence electrons. The summed E-state index contributed by atoms with van der Waals surface area (Å²) in [5, 5.41) is 20.4. The van der Waals surface area contributed by atoms with Gasteiger partial charge in [0, 0.05) is 36.4 Å². The van der Waals surface area contributed by atoms with E-state index in [-0.39, 0.29) is 36.4 Å². The first kappa shape index (κ1) is 27.6. The van der Waals surface area contributed by atoms with Gasteiger partial charge < -0.3 is 19.7 Å². The van der Waals surface area contributed by atoms with Crippen LogP contribution in [0.5, 0.6) is 0 Å². The van der Waals surface area contributed by atoms with Gasteiger partial charge in [-0.05, 0) is 74.5 Å². The SMILES string of the molecule is C=C1C(=O)O[C@H]2C[C@H](C)[C@@]34C[C@@](C(=O)O)(c5ccc(C)c([C@H](C)CCCO)c5)[C@@H](C(C)=C3C[C@H]12)[C@H]4OC(C)=O. The van der Waals surface area contributed by atoms with Crippen molar-refractivity contribution in [3.05, 3.63) is 58.2 Å². The van der Waals surface area contributed by atoms with Gasteiger partial charge in [-0.25, -0.2) is 4.79 Å². The van der Waals surface area contributed by atoms with Gasteiger partial charge in [0.2, 0.25) is 0 Å². The van der Waals surface area contributed by atoms with Crippen LogP contribution in [0.3, 0.4) is 0 Å². The molecule has 1 saturated heterocycles. The van der Waals surface area contributed by atoms with Gasteiger partial charge in [-0.2, -0.15) is 0 Å². The van der Waals surface area contributed by atoms with Crippen molar-refractivity contribution in [3.8, 4) is 0 Å². The number of carboxylic acids is 1. The zero-order valence-electron chi connectivity index (χ0n) is 23.6. The largest absolute Gasteiger partial charge is 0.481 e. The van der Waals surface area contributed by atoms with Crippen molar-refractivity contribution in [1.29, 1.82) is 0 Å². The van der Waals surface area contributed by atoms with Gasteiger partial charge in [-0.3, -0.25) is 9.59 Å². The Morgan fingerprint density at radius 3 is 2.64 bits per heavy atom. The summed E-state index contributed by atoms with van der Waals surface area (Å²) in [5.41, 5.74) is 3.49. The molecule has 8 atom stereocenters. The maximum Gasteiger partial charge on any atom is 0.334 e. The number of carbonyl (C=O) groups excluding carboxylic acids is 2. The Kier molecular flexibility index (Phi) is 6.81. The predicted octanol–water partition coefficient (Wildman–Crippen LogP) is 4.99. The first-order valence-corrected chi connectivity index (χ1v) is 14.1. The first-order valence-electron chi connectivity index (χ1n) is 14.1. The summed E-state index contributed by atoms with van der Waals surface area (Å²) in [5.74, 6) is -2.29. The molecule has 1 aromatic carbocycles. The van der Waals surface area contributed by atoms with Crippen LogP contribution in [-0.4, -0.2) is 46.9 Å². The molecule has 39 heavy (non-hydrogen) atoms. The lowest BCUT2D eigenvalue weighted by atomic mass is 9.60. The van der Waals surface area contributed by atoms with E-state index in [0.717, 1.165) is 34.3 Å². The van der Waals surface area contributed by atoms with Gasteiger partial charge in [0.25, 0.3) is 0 Å². The first-order chi connectivity index (χ1) is 18.4. The highest BCUT2D eigenvalue weighted by molar-refractivity contribution is 5.91. The second-order valence-electron chi connectivity index (χ2n) is 12.4. The van der Waals surface area contributed by atoms with Crippen molar-refractivity contribution < 1.29 is 34.1 Å². The van der Waals surface area contributed by atoms with Crippen LogP contribution < -0.4 is 0 Å². The number of rotatable bonds is 7. The molecule has 2 bridgehead atoms. The van der Waals surface area contributed by atoms with Crippen molar-refractivity contribution in [2.75, 3.05) is 6.61 Å². The number of hydrogen-bond donors (Lipinski definition) is 2. The predicted molar refractivity (Wildman–Crippen MR) is 145 cm³/mol. The molecule has 7 nitrogen and oxygen atoms in total. The van der Waals surface area contributed by atoms with Crippen LogP contribution in [0.1, 0.15) is 82.4 Å². The maximum atomic E-state index is 13.5. The summed E-state index contributed by atoms with van der Waals surface area (Å²) in [6.07, 6.45) is 1.99. The fraction of sp³-hybridized carbons (Fsp3) is 0.594. The third-order valence-electron chi connectivity index (χ3n) is 10.5. The van der Waals surface area contributed by atoms with Crippen LogP contribution in [0.15, 0.2) is 41.5 Å². The molecule has 7 heteroatoms. The highest BCUT2D eigenvalue weighted by Crippen LogP contribution is 2.72. The fourth-order valence-corrected chi connectivity index (χ4v) is 8.65. The highest BCUT2D eigenvalue weighted by Gasteiger charge is 2.74. The molecule has 2 saturated carbocycles. The Morgan fingerprint density at radius 2 is 2.00 bits per heavy atom. The van der Waals surface area contributed by atoms with Gasteiger partial charge >= 0.3 is 17.9 Å². The van der Waals surface area contributed by atoms with E-state index in [0.29, 0.717) is 31.3 Å². The lowest BCUT2D eigenvalue weighted by Gasteiger charge is -2.42. The monoisotopic (exact) mass is 536 g/mol. The van der Waals surface area contributed by atoms with Crippen LogP contribution in [0, 0.1) is 30.1 Å². The lowest BCUT2D eigenvalue weighted by Crippen LogP contribution is -2.44. The third kappa shape index (κ3) is 3.83. The number of aliphatic hydroxyl groups excluding tert-OH is 1. The van der Waals surface area contributed by atoms with Crippen LogP contribution in [0.2, 0.25) is 0 Å². The third-order valence-corrected chi connectivity index (χ3v) is 10.5. The van der Waals surface area contributed by atoms with Gasteiger partial charge in [0.05, 0.1) is 0 Å². The molecule has 1 aliphatic heterocycles. The molecule has 1 heterocycles. The van der Waals surface area contributed by atoms with Crippen molar-refractivity contribution >= 4 is 17.9 Å². The minimum absolute atomic E-state index is 0.0832. The minimum atomic E-state index is -1.27. The average Bonchev–Trinajstić information content (AvgIpc) is 3.36. The summed E-state index contributed by atoms with van der Waals surface area (Å²) in [7, 11) is 0. The molecule has 3 aliphatic carbocycles. The van der Waals surface area contributed by atoms with E-state index >= 15 is 0 Å². The molecular formula is C32H40O7. The summed E-state index contributed by atoms with van der Waals surface area (Å²) < 4.78 is 11.8. The van der Waals surface area contributed by atoms with Crippen molar-refractivity contribution in [2.24, 2.45) is 23.2 Å². The number of fused-ring (bicyclic) bond motifs is 2. The standard InChI is InChI=1S/C32H40O7/c1-16(8-7-11-33)23-13-22(10-9-17(23)2)32(30(36)37)15-31-18(3)12-26-24(19(4)29(35)39-26)14-25(31)20(5)27(32)28(31)38-21(6)34/h9-10,13,16,18,24,26-28,33H,4,7-8,11-12,14-15H2,1-3,5-6H3,(H,36,37)/t16-,18+,24-,26+,27+,28-,31+,32-/m1/s1. The zero-order chi connectivity index (χ0) is 28.4. The Morgan fingerprint density at radius 1 is 1.28 bits per heavy atom. The number of aliphatic carboxylic acids is 1. The lowest BCUT2D eigenvalue weighted by molar-refractivity contribution is -0.155. The maximum absolute atomic E-state index is 13.5. The summed E-state index contributed by atoms with van der Waals surface area (Å²) in [6.45, 7) is 13.7. The number of aliphatic hydroxyl groups is 1. The summed E-state index contributed by atoms with van der Waals surface area (Å²) in [4.78, 5) is 38.4. The molecule has 4 aliphatic rings. The minimum Gasteiger partial charge on any atom is -0.481 e. The second kappa shape index (κ2) is 9.61. The molecule has 2 N–H and O–H groups in total. The smallest absolute Gasteiger partial charge is 0.334 e. The average molecular weight is 537 g/mol. The number of ether oxygens (including phenoxy) is 2. The Balaban J connectivity index is 1.69. The number of aryl methyl sites for hydroxylation is 1. The van der Waals surface area contributed by atoms with Gasteiger partial charge in [-0.15, -0.1) is 0 Å². The Hall–Kier alpha value is -2.93. The van der Waals surface area contributed by atoms with E-state index in [2.05, 4.69) is 20.4 Å². The molecule has 3 fully saturated rings. The molecule has 1 aromatic rings. The number of hydrogen-bond acceptors (Lipinski definition) is 6. The van der Waals surface area contributed by atoms with E-state index in [9.17, 15) is 24.6 Å². The van der Waals surface area contributed by atoms with Crippen LogP contribution >= 0.6 is 0 Å². The fourth-order valence-electron chi connectivity index (χ4n) is 8.65. The van der Waals surface area contributed by atoms with E-state index in [1.54, 1.807) is 0 Å². The van der Waals surface area contributed by atoms with Crippen molar-refractivity contribution in [3.63, 3.8) is 0 Å². The van der Waals surface area contributed by atoms with Crippen LogP contribution in [-0.2, 0) is 29.3 Å². The Labute approximate surface area is 230 Å². The summed E-state index contributed by atoms with van der Waals surface area (Å²) in [6, 6.07) is 5.97. The number of esters is 2. The van der Waals surface area contributed by atoms with E-state index in [4.69, 9.17) is 9.47 Å². The quantitative estimate of drug-likeness (QED) is 0.287. The van der Waals surface area contributed by atoms with Gasteiger partial charge in [0.1, 0.15) is 17.6 Å². The number of benzene rings is 1. The van der Waals surface area contributed by atoms with E-state index < -0.39 is 34.8 Å². The zero-order valence-corrected chi connectivity index (χ0v) is 23.6. The molecular weight excluding hydrogens is 496 g/mol. The second-order valence-corrected chi connectivity index (χ2v) is 12.4. The molecule has 0 amide bonds. The summed E-state index contributed by atoms with van der Waals surface area (Å²) >= 11 is 0. The molecule has 1 spiro atoms. The topological polar surface area (TPSA) is 110 Å². The van der Waals surface area contributed by atoms with Crippen LogP contribution in [0.25, 0.3) is 0 Å². The normalized spacial score (nSPS) is 35.8. The molecule has 0 radical (unpaired) electrons. The van der Waals surface area contributed by atoms with E-state index in [1.807, 2.05) is 32.0 Å². The van der Waals surface area contributed by atoms with Crippen molar-refractivity contribution in [1.82, 2.24) is 0 Å². The molecule has 0 unspecified atom stereocenters. The number of carboxylic acid groups (broad SMARTS) is 1. The van der Waals surface area contributed by atoms with Gasteiger partial charge in [-0.1, -0.05) is 49.8 Å². The molecule has 5 rings (SSSR count). The van der Waals surface area contributed by atoms with Crippen molar-refractivity contribution in [2.45, 2.75) is 90.3 Å². The Bertz CT molecular complexity index is 1280.